The topological polar surface area (TPSA) is 90.2 Å². The largest absolute Gasteiger partial charge is 0.245 e. The van der Waals surface area contributed by atoms with Gasteiger partial charge in [-0.1, -0.05) is 0 Å². The minimum Gasteiger partial charge on any atom is -0.245 e. The van der Waals surface area contributed by atoms with Gasteiger partial charge in [0.1, 0.15) is 31.1 Å². The van der Waals surface area contributed by atoms with Crippen LogP contribution in [0.1, 0.15) is 17.1 Å². The van der Waals surface area contributed by atoms with Gasteiger partial charge in [0, 0.05) is 24.3 Å². The van der Waals surface area contributed by atoms with Gasteiger partial charge in [0.05, 0.1) is 0 Å². The van der Waals surface area contributed by atoms with E-state index in [0.717, 1.165) is 17.1 Å². The van der Waals surface area contributed by atoms with Gasteiger partial charge in [0.25, 0.3) is 0 Å². The highest BCUT2D eigenvalue weighted by atomic mass is 15.0. The lowest BCUT2D eigenvalue weighted by Crippen LogP contribution is -1.84. The highest BCUT2D eigenvalue weighted by Gasteiger charge is 1.76. The normalized spacial score (nSPS) is 8.71. The Hall–Kier alpha value is -2.83. The Kier molecular flexibility index (Phi) is 7.74. The van der Waals surface area contributed by atoms with Gasteiger partial charge in [0.15, 0.2) is 0 Å². The number of rotatable bonds is 0. The quantitative estimate of drug-likeness (QED) is 0.620. The summed E-state index contributed by atoms with van der Waals surface area (Å²) < 4.78 is 0. The molecule has 0 N–H and O–H groups in total. The third kappa shape index (κ3) is 8.82. The van der Waals surface area contributed by atoms with Crippen LogP contribution in [0.25, 0.3) is 0 Å². The monoisotopic (exact) mass is 283 g/mol. The lowest BCUT2D eigenvalue weighted by Gasteiger charge is -1.81. The average molecular weight is 283 g/mol. The van der Waals surface area contributed by atoms with Gasteiger partial charge < -0.3 is 0 Å². The van der Waals surface area contributed by atoms with E-state index < -0.39 is 0 Å². The molecular weight excluding hydrogens is 266 g/mol. The number of nitrogens with zero attached hydrogens (tertiary/aromatic N) is 7. The third-order valence-corrected chi connectivity index (χ3v) is 2.04. The Morgan fingerprint density at radius 1 is 0.667 bits per heavy atom. The maximum atomic E-state index is 3.87. The summed E-state index contributed by atoms with van der Waals surface area (Å²) >= 11 is 0. The zero-order chi connectivity index (χ0) is 15.3. The first-order valence-corrected chi connectivity index (χ1v) is 6.21. The molecule has 0 aliphatic heterocycles. The van der Waals surface area contributed by atoms with E-state index in [1.807, 2.05) is 26.8 Å². The first-order valence-electron chi connectivity index (χ1n) is 6.21. The molecule has 0 bridgehead atoms. The van der Waals surface area contributed by atoms with Crippen molar-refractivity contribution in [1.29, 1.82) is 0 Å². The highest BCUT2D eigenvalue weighted by Crippen LogP contribution is 1.84. The molecule has 0 spiro atoms. The molecule has 0 aliphatic rings. The lowest BCUT2D eigenvalue weighted by atomic mass is 10.4. The molecule has 0 atom stereocenters. The summed E-state index contributed by atoms with van der Waals surface area (Å²) in [5.74, 6) is 0.759. The first-order chi connectivity index (χ1) is 10.2. The number of aromatic nitrogens is 7. The van der Waals surface area contributed by atoms with Crippen LogP contribution in [0.5, 0.6) is 0 Å². The number of aryl methyl sites for hydroxylation is 3. The summed E-state index contributed by atoms with van der Waals surface area (Å²) in [7, 11) is 0. The van der Waals surface area contributed by atoms with Gasteiger partial charge in [-0.2, -0.15) is 0 Å². The molecule has 0 unspecified atom stereocenters. The smallest absolute Gasteiger partial charge is 0.128 e. The molecule has 7 heteroatoms. The van der Waals surface area contributed by atoms with Gasteiger partial charge in [0.2, 0.25) is 0 Å². The molecular formula is C14H17N7. The Labute approximate surface area is 123 Å². The Morgan fingerprint density at radius 3 is 1.57 bits per heavy atom. The van der Waals surface area contributed by atoms with Crippen LogP contribution in [-0.2, 0) is 0 Å². The fourth-order valence-electron chi connectivity index (χ4n) is 1.03. The second-order valence-electron chi connectivity index (χ2n) is 3.95. The van der Waals surface area contributed by atoms with Crippen molar-refractivity contribution in [2.75, 3.05) is 0 Å². The minimum atomic E-state index is 0.759. The van der Waals surface area contributed by atoms with Gasteiger partial charge in [-0.05, 0) is 32.4 Å². The Balaban J connectivity index is 0.000000157. The molecule has 0 saturated carbocycles. The summed E-state index contributed by atoms with van der Waals surface area (Å²) in [6, 6.07) is 1.86. The van der Waals surface area contributed by atoms with Crippen LogP contribution >= 0.6 is 0 Å². The molecule has 21 heavy (non-hydrogen) atoms. The molecule has 108 valence electrons. The van der Waals surface area contributed by atoms with Crippen molar-refractivity contribution in [2.24, 2.45) is 0 Å². The molecule has 3 aromatic rings. The van der Waals surface area contributed by atoms with Crippen molar-refractivity contribution in [3.05, 3.63) is 67.0 Å². The fraction of sp³-hybridized carbons (Fsp3) is 0.214. The number of hydrogen-bond donors (Lipinski definition) is 0. The second-order valence-corrected chi connectivity index (χ2v) is 3.95. The zero-order valence-corrected chi connectivity index (χ0v) is 12.2. The summed E-state index contributed by atoms with van der Waals surface area (Å²) in [6.07, 6.45) is 11.3. The lowest BCUT2D eigenvalue weighted by molar-refractivity contribution is 0.974. The molecule has 3 aromatic heterocycles. The van der Waals surface area contributed by atoms with Crippen LogP contribution < -0.4 is 0 Å². The summed E-state index contributed by atoms with van der Waals surface area (Å²) in [5.41, 5.74) is 2.11. The minimum absolute atomic E-state index is 0.759. The summed E-state index contributed by atoms with van der Waals surface area (Å²) in [6.45, 7) is 5.71. The van der Waals surface area contributed by atoms with Gasteiger partial charge in [-0.3, -0.25) is 0 Å². The predicted molar refractivity (Wildman–Crippen MR) is 78.1 cm³/mol. The molecule has 3 heterocycles. The van der Waals surface area contributed by atoms with Crippen LogP contribution in [0.15, 0.2) is 50.0 Å². The maximum Gasteiger partial charge on any atom is 0.128 e. The van der Waals surface area contributed by atoms with E-state index in [1.165, 1.54) is 25.3 Å². The van der Waals surface area contributed by atoms with Crippen LogP contribution in [0.3, 0.4) is 0 Å². The molecule has 0 saturated heterocycles. The number of hydrogen-bond acceptors (Lipinski definition) is 7. The van der Waals surface area contributed by atoms with E-state index in [2.05, 4.69) is 34.9 Å². The van der Waals surface area contributed by atoms with Crippen molar-refractivity contribution in [3.63, 3.8) is 0 Å². The fourth-order valence-corrected chi connectivity index (χ4v) is 1.03. The van der Waals surface area contributed by atoms with E-state index in [1.54, 1.807) is 18.6 Å². The van der Waals surface area contributed by atoms with Gasteiger partial charge >= 0.3 is 0 Å². The molecule has 0 aliphatic carbocycles. The van der Waals surface area contributed by atoms with Crippen molar-refractivity contribution >= 4 is 0 Å². The molecule has 0 aromatic carbocycles. The predicted octanol–water partition coefficient (Wildman–Crippen LogP) is 1.75. The maximum absolute atomic E-state index is 3.87. The second kappa shape index (κ2) is 10.0. The van der Waals surface area contributed by atoms with Crippen molar-refractivity contribution < 1.29 is 0 Å². The summed E-state index contributed by atoms with van der Waals surface area (Å²) in [4.78, 5) is 26.3. The van der Waals surface area contributed by atoms with Gasteiger partial charge in [-0.15, -0.1) is 0 Å². The van der Waals surface area contributed by atoms with Crippen LogP contribution in [-0.4, -0.2) is 34.9 Å². The van der Waals surface area contributed by atoms with Crippen molar-refractivity contribution in [1.82, 2.24) is 34.9 Å². The Bertz CT molecular complexity index is 498. The van der Waals surface area contributed by atoms with E-state index in [-0.39, 0.29) is 0 Å². The highest BCUT2D eigenvalue weighted by molar-refractivity contribution is 4.97. The van der Waals surface area contributed by atoms with E-state index in [0.29, 0.717) is 0 Å². The third-order valence-electron chi connectivity index (χ3n) is 2.04. The SMILES string of the molecule is Cc1ccncn1.Cc1cncnc1.Cc1ncncn1. The Morgan fingerprint density at radius 2 is 1.29 bits per heavy atom. The van der Waals surface area contributed by atoms with E-state index in [9.17, 15) is 0 Å². The van der Waals surface area contributed by atoms with Crippen LogP contribution in [0, 0.1) is 20.8 Å². The average Bonchev–Trinajstić information content (AvgIpc) is 2.51. The van der Waals surface area contributed by atoms with Crippen LogP contribution in [0.4, 0.5) is 0 Å². The van der Waals surface area contributed by atoms with E-state index >= 15 is 0 Å². The standard InChI is InChI=1S/2C5H6N2.C4H5N3/c1-5-2-6-4-7-3-5;1-5-2-3-6-4-7-5;1-4-6-2-5-3-7-4/h2*2-4H,1H3;2-3H,1H3. The van der Waals surface area contributed by atoms with Crippen molar-refractivity contribution in [2.45, 2.75) is 20.8 Å². The zero-order valence-electron chi connectivity index (χ0n) is 12.2. The van der Waals surface area contributed by atoms with Crippen LogP contribution in [0.2, 0.25) is 0 Å². The van der Waals surface area contributed by atoms with E-state index in [4.69, 9.17) is 0 Å². The molecule has 0 radical (unpaired) electrons. The molecule has 7 nitrogen and oxygen atoms in total. The van der Waals surface area contributed by atoms with Crippen molar-refractivity contribution in [3.8, 4) is 0 Å². The molecule has 0 amide bonds. The van der Waals surface area contributed by atoms with Gasteiger partial charge in [-0.25, -0.2) is 34.9 Å². The molecule has 0 fully saturated rings. The molecule has 3 rings (SSSR count). The first kappa shape index (κ1) is 16.2. The summed E-state index contributed by atoms with van der Waals surface area (Å²) in [5, 5.41) is 0.